The third-order valence-electron chi connectivity index (χ3n) is 3.91. The van der Waals surface area contributed by atoms with Gasteiger partial charge in [0.05, 0.1) is 29.7 Å². The van der Waals surface area contributed by atoms with E-state index in [2.05, 4.69) is 0 Å². The predicted molar refractivity (Wildman–Crippen MR) is 108 cm³/mol. The van der Waals surface area contributed by atoms with Crippen LogP contribution in [0.1, 0.15) is 32.8 Å². The molecule has 0 saturated carbocycles. The molecule has 28 heavy (non-hydrogen) atoms. The molecule has 9 heteroatoms. The summed E-state index contributed by atoms with van der Waals surface area (Å²) in [5.41, 5.74) is 0.569. The van der Waals surface area contributed by atoms with Crippen molar-refractivity contribution in [2.75, 3.05) is 20.3 Å². The number of nitrogens with zero attached hydrogens (tertiary/aromatic N) is 1. The number of hydrogen-bond donors (Lipinski definition) is 0. The van der Waals surface area contributed by atoms with Crippen LogP contribution in [0, 0.1) is 0 Å². The van der Waals surface area contributed by atoms with Gasteiger partial charge in [0.2, 0.25) is 0 Å². The van der Waals surface area contributed by atoms with E-state index >= 15 is 0 Å². The molecule has 1 aromatic carbocycles. The number of halogens is 1. The van der Waals surface area contributed by atoms with Crippen LogP contribution < -0.4 is 9.47 Å². The normalized spacial score (nSPS) is 16.5. The van der Waals surface area contributed by atoms with E-state index in [-0.39, 0.29) is 17.6 Å². The predicted octanol–water partition coefficient (Wildman–Crippen LogP) is 4.13. The van der Waals surface area contributed by atoms with Crippen LogP contribution >= 0.6 is 23.4 Å². The second-order valence-corrected chi connectivity index (χ2v) is 7.34. The molecular weight excluding hydrogens is 406 g/mol. The Morgan fingerprint density at radius 1 is 1.32 bits per heavy atom. The smallest absolute Gasteiger partial charge is 0.326 e. The summed E-state index contributed by atoms with van der Waals surface area (Å²) in [4.78, 5) is 37.2. The molecule has 1 aliphatic rings. The van der Waals surface area contributed by atoms with Gasteiger partial charge in [-0.15, -0.1) is 0 Å². The van der Waals surface area contributed by atoms with Crippen LogP contribution in [0.5, 0.6) is 11.5 Å². The topological polar surface area (TPSA) is 82.1 Å². The van der Waals surface area contributed by atoms with Crippen molar-refractivity contribution in [1.29, 1.82) is 0 Å². The number of hydrogen-bond acceptors (Lipinski definition) is 7. The van der Waals surface area contributed by atoms with E-state index in [1.165, 1.54) is 13.2 Å². The molecule has 0 spiro atoms. The van der Waals surface area contributed by atoms with E-state index in [1.54, 1.807) is 19.1 Å². The molecule has 0 bridgehead atoms. The highest BCUT2D eigenvalue weighted by atomic mass is 35.5. The van der Waals surface area contributed by atoms with Gasteiger partial charge in [0.1, 0.15) is 6.54 Å². The summed E-state index contributed by atoms with van der Waals surface area (Å²) in [5, 5.41) is -0.198. The van der Waals surface area contributed by atoms with Crippen LogP contribution in [0.4, 0.5) is 4.79 Å². The fraction of sp³-hybridized carbons (Fsp3) is 0.421. The van der Waals surface area contributed by atoms with E-state index in [4.69, 9.17) is 25.8 Å². The number of esters is 1. The van der Waals surface area contributed by atoms with Gasteiger partial charge in [-0.2, -0.15) is 0 Å². The van der Waals surface area contributed by atoms with E-state index in [0.29, 0.717) is 22.1 Å². The van der Waals surface area contributed by atoms with Crippen LogP contribution in [0.15, 0.2) is 17.0 Å². The lowest BCUT2D eigenvalue weighted by atomic mass is 10.1. The standard InChI is InChI=1S/C19H22ClNO6S/c1-5-11(3)27-17-13(20)7-12(8-14(17)25-4)9-15-18(23)21(19(24)28-15)10-16(22)26-6-2/h7-9,11H,5-6,10H2,1-4H3/b15-9-/t11-/m1/s1. The minimum absolute atomic E-state index is 0.0448. The summed E-state index contributed by atoms with van der Waals surface area (Å²) in [7, 11) is 1.49. The number of ether oxygens (including phenoxy) is 3. The number of benzene rings is 1. The minimum Gasteiger partial charge on any atom is -0.493 e. The van der Waals surface area contributed by atoms with Gasteiger partial charge in [-0.25, -0.2) is 0 Å². The van der Waals surface area contributed by atoms with Crippen molar-refractivity contribution in [3.63, 3.8) is 0 Å². The minimum atomic E-state index is -0.637. The first-order valence-corrected chi connectivity index (χ1v) is 9.95. The third-order valence-corrected chi connectivity index (χ3v) is 5.10. The van der Waals surface area contributed by atoms with Crippen LogP contribution in [-0.4, -0.2) is 48.4 Å². The van der Waals surface area contributed by atoms with Gasteiger partial charge in [0.25, 0.3) is 11.1 Å². The van der Waals surface area contributed by atoms with Gasteiger partial charge in [-0.05, 0) is 55.8 Å². The van der Waals surface area contributed by atoms with E-state index in [9.17, 15) is 14.4 Å². The molecule has 2 amide bonds. The Morgan fingerprint density at radius 2 is 2.04 bits per heavy atom. The first-order chi connectivity index (χ1) is 13.3. The van der Waals surface area contributed by atoms with Crippen molar-refractivity contribution in [3.8, 4) is 11.5 Å². The van der Waals surface area contributed by atoms with Gasteiger partial charge in [-0.1, -0.05) is 18.5 Å². The Bertz CT molecular complexity index is 810. The number of amides is 2. The second kappa shape index (κ2) is 9.84. The first-order valence-electron chi connectivity index (χ1n) is 8.75. The maximum absolute atomic E-state index is 12.5. The molecular formula is C19H22ClNO6S. The average molecular weight is 428 g/mol. The van der Waals surface area contributed by atoms with Crippen molar-refractivity contribution >= 4 is 46.6 Å². The highest BCUT2D eigenvalue weighted by Crippen LogP contribution is 2.39. The molecule has 2 rings (SSSR count). The summed E-state index contributed by atoms with van der Waals surface area (Å²) in [6.45, 7) is 5.32. The molecule has 0 radical (unpaired) electrons. The van der Waals surface area contributed by atoms with Crippen LogP contribution in [0.25, 0.3) is 6.08 Å². The van der Waals surface area contributed by atoms with Crippen molar-refractivity contribution < 1.29 is 28.6 Å². The molecule has 0 unspecified atom stereocenters. The number of thioether (sulfide) groups is 1. The maximum Gasteiger partial charge on any atom is 0.326 e. The van der Waals surface area contributed by atoms with Crippen molar-refractivity contribution in [1.82, 2.24) is 4.90 Å². The van der Waals surface area contributed by atoms with Crippen LogP contribution in [0.2, 0.25) is 5.02 Å². The van der Waals surface area contributed by atoms with Crippen molar-refractivity contribution in [2.45, 2.75) is 33.3 Å². The highest BCUT2D eigenvalue weighted by Gasteiger charge is 2.36. The van der Waals surface area contributed by atoms with Crippen LogP contribution in [-0.2, 0) is 14.3 Å². The highest BCUT2D eigenvalue weighted by molar-refractivity contribution is 8.18. The van der Waals surface area contributed by atoms with Gasteiger partial charge < -0.3 is 14.2 Å². The SMILES string of the molecule is CCOC(=O)CN1C(=O)S/C(=C\c2cc(Cl)c(O[C@H](C)CC)c(OC)c2)C1=O. The van der Waals surface area contributed by atoms with E-state index in [0.717, 1.165) is 23.1 Å². The third kappa shape index (κ3) is 5.20. The molecule has 7 nitrogen and oxygen atoms in total. The lowest BCUT2D eigenvalue weighted by Gasteiger charge is -2.17. The Hall–Kier alpha value is -2.19. The number of rotatable bonds is 8. The summed E-state index contributed by atoms with van der Waals surface area (Å²) in [5.74, 6) is -0.351. The number of methoxy groups -OCH3 is 1. The number of carbonyl (C=O) groups is 3. The molecule has 1 aliphatic heterocycles. The lowest BCUT2D eigenvalue weighted by Crippen LogP contribution is -2.34. The molecule has 1 aromatic rings. The first kappa shape index (κ1) is 22.1. The summed E-state index contributed by atoms with van der Waals surface area (Å²) in [6.07, 6.45) is 2.28. The molecule has 152 valence electrons. The second-order valence-electron chi connectivity index (χ2n) is 5.94. The molecule has 1 heterocycles. The molecule has 1 saturated heterocycles. The van der Waals surface area contributed by atoms with Gasteiger partial charge in [0.15, 0.2) is 11.5 Å². The summed E-state index contributed by atoms with van der Waals surface area (Å²) < 4.78 is 15.9. The molecule has 1 atom stereocenters. The Balaban J connectivity index is 2.27. The van der Waals surface area contributed by atoms with Crippen molar-refractivity contribution in [2.24, 2.45) is 0 Å². The molecule has 0 N–H and O–H groups in total. The average Bonchev–Trinajstić information content (AvgIpc) is 2.91. The van der Waals surface area contributed by atoms with E-state index < -0.39 is 23.7 Å². The monoisotopic (exact) mass is 427 g/mol. The van der Waals surface area contributed by atoms with Crippen LogP contribution in [0.3, 0.4) is 0 Å². The maximum atomic E-state index is 12.5. The quantitative estimate of drug-likeness (QED) is 0.455. The van der Waals surface area contributed by atoms with Gasteiger partial charge in [0, 0.05) is 0 Å². The van der Waals surface area contributed by atoms with E-state index in [1.807, 2.05) is 13.8 Å². The lowest BCUT2D eigenvalue weighted by molar-refractivity contribution is -0.145. The Labute approximate surface area is 172 Å². The fourth-order valence-electron chi connectivity index (χ4n) is 2.35. The zero-order valence-electron chi connectivity index (χ0n) is 16.1. The molecule has 1 fully saturated rings. The summed E-state index contributed by atoms with van der Waals surface area (Å²) in [6, 6.07) is 3.30. The fourth-order valence-corrected chi connectivity index (χ4v) is 3.45. The van der Waals surface area contributed by atoms with Gasteiger partial charge in [-0.3, -0.25) is 19.3 Å². The Kier molecular flexibility index (Phi) is 7.77. The zero-order chi connectivity index (χ0) is 20.8. The zero-order valence-corrected chi connectivity index (χ0v) is 17.7. The van der Waals surface area contributed by atoms with Crippen molar-refractivity contribution in [3.05, 3.63) is 27.6 Å². The largest absolute Gasteiger partial charge is 0.493 e. The molecule has 0 aromatic heterocycles. The Morgan fingerprint density at radius 3 is 2.64 bits per heavy atom. The molecule has 0 aliphatic carbocycles. The number of imide groups is 1. The van der Waals surface area contributed by atoms with Gasteiger partial charge >= 0.3 is 5.97 Å². The summed E-state index contributed by atoms with van der Waals surface area (Å²) >= 11 is 7.08. The number of carbonyl (C=O) groups excluding carboxylic acids is 3.